The lowest BCUT2D eigenvalue weighted by Crippen LogP contribution is -2.43. The highest BCUT2D eigenvalue weighted by molar-refractivity contribution is 5.84. The lowest BCUT2D eigenvalue weighted by Gasteiger charge is -2.17. The minimum atomic E-state index is -0.958. The molecular weight excluding hydrogens is 304 g/mol. The summed E-state index contributed by atoms with van der Waals surface area (Å²) in [7, 11) is 1.20. The molecule has 128 valence electrons. The maximum Gasteiger partial charge on any atom is 0.328 e. The molecule has 1 aromatic carbocycles. The van der Waals surface area contributed by atoms with Crippen molar-refractivity contribution in [1.82, 2.24) is 5.32 Å². The smallest absolute Gasteiger partial charge is 0.328 e. The first-order valence-corrected chi connectivity index (χ1v) is 7.78. The Bertz CT molecular complexity index is 514. The molecule has 0 aliphatic carbocycles. The fourth-order valence-corrected chi connectivity index (χ4v) is 2.28. The largest absolute Gasteiger partial charge is 0.467 e. The van der Waals surface area contributed by atoms with Gasteiger partial charge in [-0.25, -0.2) is 13.6 Å². The molecule has 0 saturated heterocycles. The second-order valence-electron chi connectivity index (χ2n) is 5.44. The predicted molar refractivity (Wildman–Crippen MR) is 82.8 cm³/mol. The quantitative estimate of drug-likeness (QED) is 0.560. The van der Waals surface area contributed by atoms with Crippen LogP contribution in [-0.4, -0.2) is 25.0 Å². The van der Waals surface area contributed by atoms with Crippen LogP contribution in [0.2, 0.25) is 0 Å². The molecule has 1 rings (SSSR count). The number of unbranched alkanes of at least 4 members (excludes halogenated alkanes) is 3. The number of carbonyl (C=O) groups is 2. The number of ether oxygens (including phenoxy) is 1. The van der Waals surface area contributed by atoms with Gasteiger partial charge in [0.15, 0.2) is 0 Å². The maximum absolute atomic E-state index is 13.2. The Morgan fingerprint density at radius 3 is 2.35 bits per heavy atom. The zero-order valence-electron chi connectivity index (χ0n) is 13.5. The molecular formula is C17H23F2NO3. The van der Waals surface area contributed by atoms with Crippen LogP contribution in [0.4, 0.5) is 8.78 Å². The van der Waals surface area contributed by atoms with Crippen molar-refractivity contribution in [2.75, 3.05) is 7.11 Å². The summed E-state index contributed by atoms with van der Waals surface area (Å²) in [6, 6.07) is 2.06. The fourth-order valence-electron chi connectivity index (χ4n) is 2.28. The van der Waals surface area contributed by atoms with E-state index in [9.17, 15) is 18.4 Å². The number of esters is 1. The summed E-state index contributed by atoms with van der Waals surface area (Å²) in [6.07, 6.45) is 4.09. The molecule has 0 bridgehead atoms. The number of rotatable bonds is 9. The first-order chi connectivity index (χ1) is 11.0. The van der Waals surface area contributed by atoms with Crippen LogP contribution in [0.3, 0.4) is 0 Å². The molecule has 0 aliphatic heterocycles. The van der Waals surface area contributed by atoms with Crippen LogP contribution >= 0.6 is 0 Å². The molecule has 6 heteroatoms. The van der Waals surface area contributed by atoms with Gasteiger partial charge in [-0.1, -0.05) is 26.2 Å². The average Bonchev–Trinajstić information content (AvgIpc) is 2.49. The van der Waals surface area contributed by atoms with E-state index in [0.717, 1.165) is 43.9 Å². The SMILES string of the molecule is CCCCCCC(=O)N[C@@H](Cc1cc(F)cc(F)c1)C(=O)OC. The van der Waals surface area contributed by atoms with Gasteiger partial charge in [0.05, 0.1) is 7.11 Å². The second kappa shape index (κ2) is 9.92. The third-order valence-corrected chi connectivity index (χ3v) is 3.44. The summed E-state index contributed by atoms with van der Waals surface area (Å²) < 4.78 is 31.1. The second-order valence-corrected chi connectivity index (χ2v) is 5.44. The van der Waals surface area contributed by atoms with Crippen LogP contribution in [0, 0.1) is 11.6 Å². The molecule has 1 amide bonds. The average molecular weight is 327 g/mol. The molecule has 0 aliphatic rings. The highest BCUT2D eigenvalue weighted by Gasteiger charge is 2.22. The molecule has 1 aromatic rings. The third-order valence-electron chi connectivity index (χ3n) is 3.44. The number of nitrogens with one attached hydrogen (secondary N) is 1. The van der Waals surface area contributed by atoms with E-state index in [4.69, 9.17) is 0 Å². The van der Waals surface area contributed by atoms with Gasteiger partial charge in [0.2, 0.25) is 5.91 Å². The monoisotopic (exact) mass is 327 g/mol. The topological polar surface area (TPSA) is 55.4 Å². The minimum absolute atomic E-state index is 0.0257. The van der Waals surface area contributed by atoms with E-state index in [0.29, 0.717) is 6.42 Å². The highest BCUT2D eigenvalue weighted by atomic mass is 19.1. The molecule has 0 heterocycles. The first-order valence-electron chi connectivity index (χ1n) is 7.78. The van der Waals surface area contributed by atoms with Gasteiger partial charge < -0.3 is 10.1 Å². The molecule has 4 nitrogen and oxygen atoms in total. The maximum atomic E-state index is 13.2. The zero-order chi connectivity index (χ0) is 17.2. The van der Waals surface area contributed by atoms with Crippen molar-refractivity contribution in [1.29, 1.82) is 0 Å². The van der Waals surface area contributed by atoms with Crippen molar-refractivity contribution in [3.05, 3.63) is 35.4 Å². The fraction of sp³-hybridized carbons (Fsp3) is 0.529. The standard InChI is InChI=1S/C17H23F2NO3/c1-3-4-5-6-7-16(21)20-15(17(22)23-2)10-12-8-13(18)11-14(19)9-12/h8-9,11,15H,3-7,10H2,1-2H3,(H,20,21)/t15-/m0/s1. The van der Waals surface area contributed by atoms with E-state index in [1.807, 2.05) is 0 Å². The summed E-state index contributed by atoms with van der Waals surface area (Å²) in [6.45, 7) is 2.07. The summed E-state index contributed by atoms with van der Waals surface area (Å²) >= 11 is 0. The Balaban J connectivity index is 2.65. The third kappa shape index (κ3) is 7.21. The minimum Gasteiger partial charge on any atom is -0.467 e. The van der Waals surface area contributed by atoms with E-state index < -0.39 is 23.6 Å². The lowest BCUT2D eigenvalue weighted by molar-refractivity contribution is -0.145. The van der Waals surface area contributed by atoms with E-state index in [1.165, 1.54) is 7.11 Å². The van der Waals surface area contributed by atoms with Gasteiger partial charge in [-0.15, -0.1) is 0 Å². The molecule has 0 fully saturated rings. The number of hydrogen-bond donors (Lipinski definition) is 1. The van der Waals surface area contributed by atoms with E-state index in [2.05, 4.69) is 17.0 Å². The number of amides is 1. The normalized spacial score (nSPS) is 11.8. The van der Waals surface area contributed by atoms with Gasteiger partial charge in [-0.2, -0.15) is 0 Å². The number of carbonyl (C=O) groups excluding carboxylic acids is 2. The van der Waals surface area contributed by atoms with Crippen LogP contribution < -0.4 is 5.32 Å². The Morgan fingerprint density at radius 2 is 1.78 bits per heavy atom. The zero-order valence-corrected chi connectivity index (χ0v) is 13.5. The van der Waals surface area contributed by atoms with Crippen LogP contribution in [0.15, 0.2) is 18.2 Å². The first kappa shape index (κ1) is 19.1. The molecule has 0 unspecified atom stereocenters. The van der Waals surface area contributed by atoms with Crippen molar-refractivity contribution >= 4 is 11.9 Å². The lowest BCUT2D eigenvalue weighted by atomic mass is 10.0. The molecule has 0 saturated carbocycles. The number of halogens is 2. The van der Waals surface area contributed by atoms with Crippen LogP contribution in [-0.2, 0) is 20.7 Å². The van der Waals surface area contributed by atoms with Crippen molar-refractivity contribution in [2.45, 2.75) is 51.5 Å². The predicted octanol–water partition coefficient (Wildman–Crippen LogP) is 3.14. The number of benzene rings is 1. The molecule has 1 N–H and O–H groups in total. The molecule has 0 spiro atoms. The molecule has 0 radical (unpaired) electrons. The Hall–Kier alpha value is -1.98. The van der Waals surface area contributed by atoms with Crippen LogP contribution in [0.25, 0.3) is 0 Å². The van der Waals surface area contributed by atoms with Crippen molar-refractivity contribution in [2.24, 2.45) is 0 Å². The van der Waals surface area contributed by atoms with Crippen LogP contribution in [0.5, 0.6) is 0 Å². The van der Waals surface area contributed by atoms with Crippen molar-refractivity contribution < 1.29 is 23.1 Å². The summed E-state index contributed by atoms with van der Waals surface area (Å²) in [5, 5.41) is 2.57. The van der Waals surface area contributed by atoms with Gasteiger partial charge in [0.1, 0.15) is 17.7 Å². The molecule has 0 aromatic heterocycles. The van der Waals surface area contributed by atoms with Crippen LogP contribution in [0.1, 0.15) is 44.6 Å². The highest BCUT2D eigenvalue weighted by Crippen LogP contribution is 2.11. The molecule has 1 atom stereocenters. The summed E-state index contributed by atoms with van der Waals surface area (Å²) in [4.78, 5) is 23.7. The molecule has 23 heavy (non-hydrogen) atoms. The summed E-state index contributed by atoms with van der Waals surface area (Å²) in [5.74, 6) is -2.37. The van der Waals surface area contributed by atoms with E-state index in [-0.39, 0.29) is 17.9 Å². The van der Waals surface area contributed by atoms with E-state index >= 15 is 0 Å². The Labute approximate surface area is 135 Å². The summed E-state index contributed by atoms with van der Waals surface area (Å²) in [5.41, 5.74) is 0.282. The Kier molecular flexibility index (Phi) is 8.22. The van der Waals surface area contributed by atoms with Gasteiger partial charge >= 0.3 is 5.97 Å². The van der Waals surface area contributed by atoms with Gasteiger partial charge in [0.25, 0.3) is 0 Å². The van der Waals surface area contributed by atoms with Gasteiger partial charge in [0, 0.05) is 18.9 Å². The van der Waals surface area contributed by atoms with E-state index in [1.54, 1.807) is 0 Å². The van der Waals surface area contributed by atoms with Crippen molar-refractivity contribution in [3.8, 4) is 0 Å². The number of hydrogen-bond acceptors (Lipinski definition) is 3. The Morgan fingerprint density at radius 1 is 1.13 bits per heavy atom. The van der Waals surface area contributed by atoms with Gasteiger partial charge in [-0.3, -0.25) is 4.79 Å². The number of methoxy groups -OCH3 is 1. The van der Waals surface area contributed by atoms with Gasteiger partial charge in [-0.05, 0) is 24.1 Å². The van der Waals surface area contributed by atoms with Crippen molar-refractivity contribution in [3.63, 3.8) is 0 Å².